The van der Waals surface area contributed by atoms with Gasteiger partial charge in [0.2, 0.25) is 0 Å². The van der Waals surface area contributed by atoms with E-state index in [0.717, 1.165) is 0 Å². The first-order valence-electron chi connectivity index (χ1n) is 2.53. The van der Waals surface area contributed by atoms with Crippen molar-refractivity contribution in [3.8, 4) is 0 Å². The topological polar surface area (TPSA) is 63.1 Å². The van der Waals surface area contributed by atoms with E-state index in [1.165, 1.54) is 6.07 Å². The number of aromatic carboxylic acids is 1. The minimum absolute atomic E-state index is 0.0428. The van der Waals surface area contributed by atoms with Gasteiger partial charge in [-0.05, 0) is 31.9 Å². The Balaban J connectivity index is 3.19. The number of halogens is 2. The smallest absolute Gasteiger partial charge is 0.354 e. The molecule has 1 heterocycles. The first-order valence-corrected chi connectivity index (χ1v) is 4.11. The molecule has 0 aliphatic carbocycles. The lowest BCUT2D eigenvalue weighted by Gasteiger charge is -1.94. The number of nitrogens with zero attached hydrogens (tertiary/aromatic N) is 2. The monoisotopic (exact) mass is 280 g/mol. The van der Waals surface area contributed by atoms with Crippen LogP contribution in [-0.4, -0.2) is 21.0 Å². The predicted octanol–water partition coefficient (Wildman–Crippen LogP) is 1.70. The molecule has 11 heavy (non-hydrogen) atoms. The number of carboxylic acid groups (broad SMARTS) is 1. The molecule has 0 saturated carbocycles. The number of rotatable bonds is 1. The summed E-state index contributed by atoms with van der Waals surface area (Å²) in [5, 5.41) is 8.50. The first-order chi connectivity index (χ1) is 5.09. The van der Waals surface area contributed by atoms with Crippen molar-refractivity contribution < 1.29 is 9.90 Å². The highest BCUT2D eigenvalue weighted by molar-refractivity contribution is 9.11. The highest BCUT2D eigenvalue weighted by atomic mass is 79.9. The molecule has 0 aliphatic rings. The van der Waals surface area contributed by atoms with Crippen LogP contribution in [0.25, 0.3) is 0 Å². The Morgan fingerprint density at radius 3 is 2.55 bits per heavy atom. The van der Waals surface area contributed by atoms with Gasteiger partial charge in [0.25, 0.3) is 0 Å². The first kappa shape index (κ1) is 8.61. The van der Waals surface area contributed by atoms with Crippen LogP contribution in [0.1, 0.15) is 10.5 Å². The summed E-state index contributed by atoms with van der Waals surface area (Å²) in [7, 11) is 0. The van der Waals surface area contributed by atoms with Gasteiger partial charge >= 0.3 is 5.97 Å². The summed E-state index contributed by atoms with van der Waals surface area (Å²) in [6, 6.07) is 1.33. The Kier molecular flexibility index (Phi) is 2.56. The van der Waals surface area contributed by atoms with Gasteiger partial charge in [-0.25, -0.2) is 14.8 Å². The van der Waals surface area contributed by atoms with Gasteiger partial charge in [-0.3, -0.25) is 0 Å². The van der Waals surface area contributed by atoms with Gasteiger partial charge in [-0.15, -0.1) is 0 Å². The third-order valence-electron chi connectivity index (χ3n) is 0.887. The van der Waals surface area contributed by atoms with Crippen LogP contribution in [0.4, 0.5) is 0 Å². The summed E-state index contributed by atoms with van der Waals surface area (Å²) >= 11 is 6.00. The van der Waals surface area contributed by atoms with E-state index in [1.807, 2.05) is 0 Å². The Morgan fingerprint density at radius 2 is 2.09 bits per heavy atom. The zero-order valence-corrected chi connectivity index (χ0v) is 8.26. The molecule has 1 aromatic rings. The van der Waals surface area contributed by atoms with E-state index in [2.05, 4.69) is 41.8 Å². The molecule has 0 bridgehead atoms. The van der Waals surface area contributed by atoms with E-state index in [4.69, 9.17) is 5.11 Å². The summed E-state index contributed by atoms with van der Waals surface area (Å²) in [5.74, 6) is -1.08. The molecule has 0 amide bonds. The van der Waals surface area contributed by atoms with E-state index in [-0.39, 0.29) is 10.4 Å². The minimum Gasteiger partial charge on any atom is -0.477 e. The summed E-state index contributed by atoms with van der Waals surface area (Å²) < 4.78 is 0.695. The van der Waals surface area contributed by atoms with Crippen LogP contribution in [-0.2, 0) is 0 Å². The van der Waals surface area contributed by atoms with Crippen LogP contribution in [0.3, 0.4) is 0 Å². The van der Waals surface area contributed by atoms with E-state index in [0.29, 0.717) is 4.60 Å². The van der Waals surface area contributed by atoms with Crippen molar-refractivity contribution >= 4 is 37.8 Å². The van der Waals surface area contributed by atoms with Crippen LogP contribution in [0, 0.1) is 0 Å². The molecule has 0 aliphatic heterocycles. The number of hydrogen-bond acceptors (Lipinski definition) is 3. The molecule has 0 spiro atoms. The van der Waals surface area contributed by atoms with E-state index < -0.39 is 5.97 Å². The van der Waals surface area contributed by atoms with E-state index in [1.54, 1.807) is 0 Å². The summed E-state index contributed by atoms with van der Waals surface area (Å²) in [5.41, 5.74) is -0.0428. The van der Waals surface area contributed by atoms with Gasteiger partial charge in [0.1, 0.15) is 4.60 Å². The zero-order chi connectivity index (χ0) is 8.43. The van der Waals surface area contributed by atoms with Crippen molar-refractivity contribution in [2.24, 2.45) is 0 Å². The molecule has 1 N–H and O–H groups in total. The summed E-state index contributed by atoms with van der Waals surface area (Å²) in [6.07, 6.45) is 0. The second-order valence-electron chi connectivity index (χ2n) is 1.65. The maximum absolute atomic E-state index is 10.4. The van der Waals surface area contributed by atoms with Crippen LogP contribution in [0.15, 0.2) is 15.4 Å². The Labute approximate surface area is 78.9 Å². The van der Waals surface area contributed by atoms with Gasteiger partial charge in [0, 0.05) is 6.07 Å². The van der Waals surface area contributed by atoms with Crippen LogP contribution >= 0.6 is 31.9 Å². The quantitative estimate of drug-likeness (QED) is 0.629. The van der Waals surface area contributed by atoms with Crippen molar-refractivity contribution in [2.45, 2.75) is 0 Å². The average molecular weight is 282 g/mol. The molecule has 0 radical (unpaired) electrons. The number of carboxylic acids is 1. The lowest BCUT2D eigenvalue weighted by Crippen LogP contribution is -2.01. The average Bonchev–Trinajstić information content (AvgIpc) is 1.85. The molecule has 0 unspecified atom stereocenters. The molecule has 0 atom stereocenters. The standard InChI is InChI=1S/C5H2Br2N2O2/c6-3-1-2(4(10)11)8-5(7)9-3/h1H,(H,10,11). The fourth-order valence-corrected chi connectivity index (χ4v) is 1.50. The minimum atomic E-state index is -1.08. The van der Waals surface area contributed by atoms with Gasteiger partial charge in [-0.2, -0.15) is 0 Å². The number of hydrogen-bond donors (Lipinski definition) is 1. The SMILES string of the molecule is O=C(O)c1cc(Br)nc(Br)n1. The third kappa shape index (κ3) is 2.23. The highest BCUT2D eigenvalue weighted by Crippen LogP contribution is 2.11. The molecular formula is C5H2Br2N2O2. The van der Waals surface area contributed by atoms with Crippen molar-refractivity contribution in [1.29, 1.82) is 0 Å². The van der Waals surface area contributed by atoms with Crippen molar-refractivity contribution in [3.63, 3.8) is 0 Å². The van der Waals surface area contributed by atoms with Crippen LogP contribution in [0.5, 0.6) is 0 Å². The van der Waals surface area contributed by atoms with Crippen LogP contribution in [0.2, 0.25) is 0 Å². The summed E-state index contributed by atoms with van der Waals surface area (Å²) in [4.78, 5) is 17.8. The molecule has 1 aromatic heterocycles. The fourth-order valence-electron chi connectivity index (χ4n) is 0.499. The molecule has 6 heteroatoms. The second-order valence-corrected chi connectivity index (χ2v) is 3.17. The highest BCUT2D eigenvalue weighted by Gasteiger charge is 2.06. The van der Waals surface area contributed by atoms with E-state index in [9.17, 15) is 4.79 Å². The van der Waals surface area contributed by atoms with Crippen molar-refractivity contribution in [2.75, 3.05) is 0 Å². The lowest BCUT2D eigenvalue weighted by atomic mass is 10.4. The van der Waals surface area contributed by atoms with Crippen molar-refractivity contribution in [3.05, 3.63) is 21.1 Å². The number of carbonyl (C=O) groups is 1. The molecule has 0 saturated heterocycles. The molecule has 4 nitrogen and oxygen atoms in total. The zero-order valence-electron chi connectivity index (χ0n) is 5.08. The largest absolute Gasteiger partial charge is 0.477 e. The third-order valence-corrected chi connectivity index (χ3v) is 1.65. The van der Waals surface area contributed by atoms with Gasteiger partial charge in [0.05, 0.1) is 0 Å². The molecule has 1 rings (SSSR count). The van der Waals surface area contributed by atoms with Gasteiger partial charge in [-0.1, -0.05) is 0 Å². The van der Waals surface area contributed by atoms with Crippen molar-refractivity contribution in [1.82, 2.24) is 9.97 Å². The summed E-state index contributed by atoms with van der Waals surface area (Å²) in [6.45, 7) is 0. The molecule has 0 aromatic carbocycles. The van der Waals surface area contributed by atoms with E-state index >= 15 is 0 Å². The number of aromatic nitrogens is 2. The lowest BCUT2D eigenvalue weighted by molar-refractivity contribution is 0.0690. The maximum Gasteiger partial charge on any atom is 0.354 e. The Morgan fingerprint density at radius 1 is 1.45 bits per heavy atom. The normalized spacial score (nSPS) is 9.64. The molecule has 58 valence electrons. The predicted molar refractivity (Wildman–Crippen MR) is 44.4 cm³/mol. The Bertz CT molecular complexity index is 282. The molecule has 0 fully saturated rings. The fraction of sp³-hybridized carbons (Fsp3) is 0. The molecular weight excluding hydrogens is 280 g/mol. The van der Waals surface area contributed by atoms with Gasteiger partial charge in [0.15, 0.2) is 10.4 Å². The maximum atomic E-state index is 10.4. The van der Waals surface area contributed by atoms with Crippen LogP contribution < -0.4 is 0 Å². The second kappa shape index (κ2) is 3.27. The Hall–Kier alpha value is -0.490. The van der Waals surface area contributed by atoms with Gasteiger partial charge < -0.3 is 5.11 Å².